The lowest BCUT2D eigenvalue weighted by atomic mass is 10.1. The molecule has 0 atom stereocenters. The third-order valence-corrected chi connectivity index (χ3v) is 4.02. The van der Waals surface area contributed by atoms with Crippen LogP contribution >= 0.6 is 0 Å². The Balaban J connectivity index is 1.99. The standard InChI is InChI=1S/C22H23NO7/c1-14(24)16-7-5-6-8-17(16)23-20(25)13-30-21(26)10-9-15-11-18(27-2)22(29-4)19(12-15)28-3/h5-12H,13H2,1-4H3,(H,23,25)/b10-9+. The van der Waals surface area contributed by atoms with Gasteiger partial charge in [0.05, 0.1) is 27.0 Å². The van der Waals surface area contributed by atoms with Crippen LogP contribution < -0.4 is 19.5 Å². The van der Waals surface area contributed by atoms with E-state index in [2.05, 4.69) is 5.32 Å². The van der Waals surface area contributed by atoms with E-state index in [0.29, 0.717) is 34.1 Å². The molecule has 0 aromatic heterocycles. The molecule has 1 amide bonds. The van der Waals surface area contributed by atoms with Gasteiger partial charge >= 0.3 is 5.97 Å². The zero-order valence-corrected chi connectivity index (χ0v) is 17.2. The van der Waals surface area contributed by atoms with E-state index in [1.807, 2.05) is 0 Å². The largest absolute Gasteiger partial charge is 0.493 e. The molecule has 1 N–H and O–H groups in total. The van der Waals surface area contributed by atoms with Gasteiger partial charge < -0.3 is 24.3 Å². The Labute approximate surface area is 174 Å². The third kappa shape index (κ3) is 5.84. The van der Waals surface area contributed by atoms with Crippen LogP contribution in [0.1, 0.15) is 22.8 Å². The van der Waals surface area contributed by atoms with Crippen molar-refractivity contribution in [2.45, 2.75) is 6.92 Å². The Bertz CT molecular complexity index is 941. The smallest absolute Gasteiger partial charge is 0.331 e. The topological polar surface area (TPSA) is 100 Å². The Hall–Kier alpha value is -3.81. The zero-order valence-electron chi connectivity index (χ0n) is 17.2. The predicted molar refractivity (Wildman–Crippen MR) is 111 cm³/mol. The molecule has 0 saturated carbocycles. The minimum Gasteiger partial charge on any atom is -0.493 e. The van der Waals surface area contributed by atoms with Gasteiger partial charge in [-0.15, -0.1) is 0 Å². The number of carbonyl (C=O) groups excluding carboxylic acids is 3. The lowest BCUT2D eigenvalue weighted by molar-refractivity contribution is -0.142. The fourth-order valence-corrected chi connectivity index (χ4v) is 2.63. The molecule has 2 rings (SSSR count). The minimum atomic E-state index is -0.709. The van der Waals surface area contributed by atoms with E-state index in [1.165, 1.54) is 40.4 Å². The quantitative estimate of drug-likeness (QED) is 0.383. The number of para-hydroxylation sites is 1. The number of Topliss-reactive ketones (excluding diaryl/α,β-unsaturated/α-hetero) is 1. The maximum absolute atomic E-state index is 12.0. The van der Waals surface area contributed by atoms with Crippen LogP contribution in [0.15, 0.2) is 42.5 Å². The number of hydrogen-bond acceptors (Lipinski definition) is 7. The summed E-state index contributed by atoms with van der Waals surface area (Å²) in [6.07, 6.45) is 2.67. The van der Waals surface area contributed by atoms with E-state index >= 15 is 0 Å². The number of ketones is 1. The summed E-state index contributed by atoms with van der Waals surface area (Å²) in [5, 5.41) is 2.56. The van der Waals surface area contributed by atoms with Crippen molar-refractivity contribution in [2.75, 3.05) is 33.3 Å². The summed E-state index contributed by atoms with van der Waals surface area (Å²) >= 11 is 0. The second-order valence-electron chi connectivity index (χ2n) is 6.05. The first-order valence-electron chi connectivity index (χ1n) is 8.94. The number of esters is 1. The van der Waals surface area contributed by atoms with Crippen LogP contribution in [0, 0.1) is 0 Å². The molecule has 8 nitrogen and oxygen atoms in total. The fourth-order valence-electron chi connectivity index (χ4n) is 2.63. The summed E-state index contributed by atoms with van der Waals surface area (Å²) in [5.41, 5.74) is 1.35. The SMILES string of the molecule is COc1cc(/C=C/C(=O)OCC(=O)Nc2ccccc2C(C)=O)cc(OC)c1OC. The molecule has 2 aromatic carbocycles. The Morgan fingerprint density at radius 2 is 1.60 bits per heavy atom. The maximum Gasteiger partial charge on any atom is 0.331 e. The van der Waals surface area contributed by atoms with E-state index < -0.39 is 18.5 Å². The number of nitrogens with one attached hydrogen (secondary N) is 1. The zero-order chi connectivity index (χ0) is 22.1. The first-order valence-corrected chi connectivity index (χ1v) is 8.94. The van der Waals surface area contributed by atoms with Gasteiger partial charge in [0, 0.05) is 11.6 Å². The number of hydrogen-bond donors (Lipinski definition) is 1. The molecule has 0 spiro atoms. The van der Waals surface area contributed by atoms with Gasteiger partial charge in [-0.2, -0.15) is 0 Å². The number of methoxy groups -OCH3 is 3. The molecular weight excluding hydrogens is 390 g/mol. The molecule has 0 aliphatic heterocycles. The first kappa shape index (κ1) is 22.5. The van der Waals surface area contributed by atoms with Gasteiger partial charge in [-0.05, 0) is 42.8 Å². The van der Waals surface area contributed by atoms with Gasteiger partial charge in [0.2, 0.25) is 5.75 Å². The van der Waals surface area contributed by atoms with Crippen molar-refractivity contribution in [2.24, 2.45) is 0 Å². The molecule has 0 saturated heterocycles. The molecule has 2 aromatic rings. The number of anilines is 1. The summed E-state index contributed by atoms with van der Waals surface area (Å²) in [6, 6.07) is 9.91. The monoisotopic (exact) mass is 413 g/mol. The summed E-state index contributed by atoms with van der Waals surface area (Å²) in [6.45, 7) is 0.906. The molecule has 0 unspecified atom stereocenters. The van der Waals surface area contributed by atoms with Crippen LogP contribution in [0.5, 0.6) is 17.2 Å². The van der Waals surface area contributed by atoms with Crippen LogP contribution in [0.4, 0.5) is 5.69 Å². The van der Waals surface area contributed by atoms with Crippen LogP contribution in [0.3, 0.4) is 0 Å². The minimum absolute atomic E-state index is 0.184. The Morgan fingerprint density at radius 3 is 2.17 bits per heavy atom. The molecule has 0 bridgehead atoms. The average molecular weight is 413 g/mol. The van der Waals surface area contributed by atoms with E-state index in [0.717, 1.165) is 0 Å². The Morgan fingerprint density at radius 1 is 0.967 bits per heavy atom. The molecule has 0 aliphatic rings. The molecule has 0 heterocycles. The van der Waals surface area contributed by atoms with Crippen molar-refractivity contribution in [3.05, 3.63) is 53.6 Å². The average Bonchev–Trinajstić information content (AvgIpc) is 2.75. The van der Waals surface area contributed by atoms with E-state index in [4.69, 9.17) is 18.9 Å². The Kier molecular flexibility index (Phi) is 7.99. The highest BCUT2D eigenvalue weighted by Gasteiger charge is 2.13. The van der Waals surface area contributed by atoms with Gasteiger partial charge in [0.15, 0.2) is 23.9 Å². The maximum atomic E-state index is 12.0. The van der Waals surface area contributed by atoms with Crippen molar-refractivity contribution >= 4 is 29.4 Å². The van der Waals surface area contributed by atoms with Gasteiger partial charge in [-0.3, -0.25) is 9.59 Å². The second-order valence-corrected chi connectivity index (χ2v) is 6.05. The van der Waals surface area contributed by atoms with Crippen molar-refractivity contribution in [1.29, 1.82) is 0 Å². The van der Waals surface area contributed by atoms with Crippen LogP contribution in [-0.2, 0) is 14.3 Å². The molecule has 158 valence electrons. The first-order chi connectivity index (χ1) is 14.4. The molecule has 8 heteroatoms. The summed E-state index contributed by atoms with van der Waals surface area (Å²) < 4.78 is 20.7. The number of benzene rings is 2. The molecule has 0 aliphatic carbocycles. The summed E-state index contributed by atoms with van der Waals surface area (Å²) in [5.74, 6) is -0.142. The highest BCUT2D eigenvalue weighted by atomic mass is 16.5. The number of rotatable bonds is 9. The van der Waals surface area contributed by atoms with Gasteiger partial charge in [-0.25, -0.2) is 4.79 Å². The van der Waals surface area contributed by atoms with Crippen molar-refractivity contribution in [3.8, 4) is 17.2 Å². The number of ether oxygens (including phenoxy) is 4. The van der Waals surface area contributed by atoms with Gasteiger partial charge in [0.1, 0.15) is 0 Å². The second kappa shape index (κ2) is 10.7. The van der Waals surface area contributed by atoms with Gasteiger partial charge in [-0.1, -0.05) is 12.1 Å². The van der Waals surface area contributed by atoms with E-state index in [1.54, 1.807) is 36.4 Å². The van der Waals surface area contributed by atoms with Crippen LogP contribution in [0.2, 0.25) is 0 Å². The molecule has 0 fully saturated rings. The van der Waals surface area contributed by atoms with Crippen LogP contribution in [0.25, 0.3) is 6.08 Å². The van der Waals surface area contributed by atoms with Crippen molar-refractivity contribution < 1.29 is 33.3 Å². The van der Waals surface area contributed by atoms with Crippen molar-refractivity contribution in [3.63, 3.8) is 0 Å². The molecule has 0 radical (unpaired) electrons. The third-order valence-electron chi connectivity index (χ3n) is 4.02. The lowest BCUT2D eigenvalue weighted by Gasteiger charge is -2.12. The summed E-state index contributed by atoms with van der Waals surface area (Å²) in [4.78, 5) is 35.6. The number of amides is 1. The molecular formula is C22H23NO7. The normalized spacial score (nSPS) is 10.4. The van der Waals surface area contributed by atoms with Crippen LogP contribution in [-0.4, -0.2) is 45.6 Å². The summed E-state index contributed by atoms with van der Waals surface area (Å²) in [7, 11) is 4.47. The lowest BCUT2D eigenvalue weighted by Crippen LogP contribution is -2.21. The van der Waals surface area contributed by atoms with Crippen molar-refractivity contribution in [1.82, 2.24) is 0 Å². The molecule has 30 heavy (non-hydrogen) atoms. The highest BCUT2D eigenvalue weighted by Crippen LogP contribution is 2.38. The van der Waals surface area contributed by atoms with E-state index in [9.17, 15) is 14.4 Å². The predicted octanol–water partition coefficient (Wildman–Crippen LogP) is 3.11. The number of carbonyl (C=O) groups is 3. The van der Waals surface area contributed by atoms with E-state index in [-0.39, 0.29) is 5.78 Å². The van der Waals surface area contributed by atoms with Gasteiger partial charge in [0.25, 0.3) is 5.91 Å². The fraction of sp³-hybridized carbons (Fsp3) is 0.227. The highest BCUT2D eigenvalue weighted by molar-refractivity contribution is 6.04.